The van der Waals surface area contributed by atoms with Crippen LogP contribution in [0.15, 0.2) is 0 Å². The maximum absolute atomic E-state index is 12.8. The first-order valence-electron chi connectivity index (χ1n) is 12.3. The van der Waals surface area contributed by atoms with Gasteiger partial charge in [-0.3, -0.25) is 4.79 Å². The van der Waals surface area contributed by atoms with Crippen molar-refractivity contribution in [3.05, 3.63) is 0 Å². The number of hydrogen-bond donors (Lipinski definition) is 1. The Bertz CT molecular complexity index is 576. The van der Waals surface area contributed by atoms with Crippen LogP contribution < -0.4 is 0 Å². The Labute approximate surface area is 172 Å². The van der Waals surface area contributed by atoms with Gasteiger partial charge in [-0.05, 0) is 99.7 Å². The fourth-order valence-electron chi connectivity index (χ4n) is 8.36. The van der Waals surface area contributed by atoms with Crippen LogP contribution in [0.4, 0.5) is 0 Å². The second-order valence-electron chi connectivity index (χ2n) is 11.0. The summed E-state index contributed by atoms with van der Waals surface area (Å²) in [4.78, 5) is 12.8. The summed E-state index contributed by atoms with van der Waals surface area (Å²) in [6.07, 6.45) is 11.8. The van der Waals surface area contributed by atoms with Gasteiger partial charge in [-0.25, -0.2) is 0 Å². The zero-order valence-corrected chi connectivity index (χ0v) is 18.6. The summed E-state index contributed by atoms with van der Waals surface area (Å²) in [6, 6.07) is 0. The Morgan fingerprint density at radius 1 is 1.04 bits per heavy atom. The molecule has 4 aliphatic rings. The first-order valence-corrected chi connectivity index (χ1v) is 12.3. The van der Waals surface area contributed by atoms with Crippen LogP contribution in [0.2, 0.25) is 0 Å². The number of fused-ring (bicyclic) bond motifs is 5. The highest BCUT2D eigenvalue weighted by Crippen LogP contribution is 2.67. The number of aliphatic hydroxyl groups is 1. The summed E-state index contributed by atoms with van der Waals surface area (Å²) >= 11 is 0. The third-order valence-electron chi connectivity index (χ3n) is 9.67. The van der Waals surface area contributed by atoms with E-state index in [0.29, 0.717) is 5.92 Å². The number of esters is 1. The number of carbonyl (C=O) groups excluding carboxylic acids is 1. The Kier molecular flexibility index (Phi) is 5.61. The number of ether oxygens (including phenoxy) is 1. The van der Waals surface area contributed by atoms with E-state index in [4.69, 9.17) is 4.74 Å². The van der Waals surface area contributed by atoms with Gasteiger partial charge in [-0.1, -0.05) is 33.6 Å². The summed E-state index contributed by atoms with van der Waals surface area (Å²) < 4.78 is 5.99. The molecule has 2 bridgehead atoms. The Morgan fingerprint density at radius 2 is 1.68 bits per heavy atom. The maximum Gasteiger partial charge on any atom is 0.309 e. The van der Waals surface area contributed by atoms with Gasteiger partial charge in [-0.15, -0.1) is 0 Å². The van der Waals surface area contributed by atoms with Crippen LogP contribution in [-0.2, 0) is 9.53 Å². The van der Waals surface area contributed by atoms with Gasteiger partial charge in [-0.2, -0.15) is 0 Å². The molecule has 0 aliphatic heterocycles. The van der Waals surface area contributed by atoms with Gasteiger partial charge in [0, 0.05) is 0 Å². The molecule has 160 valence electrons. The van der Waals surface area contributed by atoms with E-state index in [9.17, 15) is 9.90 Å². The topological polar surface area (TPSA) is 46.5 Å². The molecule has 4 aliphatic carbocycles. The number of carbonyl (C=O) groups is 1. The third-order valence-corrected chi connectivity index (χ3v) is 9.67. The molecule has 0 aromatic rings. The molecule has 8 unspecified atom stereocenters. The van der Waals surface area contributed by atoms with Crippen molar-refractivity contribution in [3.63, 3.8) is 0 Å². The number of rotatable bonds is 7. The zero-order valence-electron chi connectivity index (χ0n) is 18.6. The monoisotopic (exact) mass is 390 g/mol. The zero-order chi connectivity index (χ0) is 20.1. The molecule has 0 aromatic carbocycles. The van der Waals surface area contributed by atoms with Crippen LogP contribution in [0.1, 0.15) is 98.3 Å². The minimum absolute atomic E-state index is 0.169. The van der Waals surface area contributed by atoms with Crippen molar-refractivity contribution >= 4 is 5.97 Å². The molecule has 3 nitrogen and oxygen atoms in total. The molecular weight excluding hydrogens is 348 g/mol. The van der Waals surface area contributed by atoms with Gasteiger partial charge >= 0.3 is 5.97 Å². The lowest BCUT2D eigenvalue weighted by Crippen LogP contribution is -2.45. The van der Waals surface area contributed by atoms with E-state index in [0.717, 1.165) is 68.1 Å². The predicted molar refractivity (Wildman–Crippen MR) is 112 cm³/mol. The van der Waals surface area contributed by atoms with Crippen molar-refractivity contribution in [2.45, 2.75) is 110 Å². The van der Waals surface area contributed by atoms with Gasteiger partial charge in [0.1, 0.15) is 5.60 Å². The largest absolute Gasteiger partial charge is 0.459 e. The molecule has 0 amide bonds. The lowest BCUT2D eigenvalue weighted by molar-refractivity contribution is -0.168. The summed E-state index contributed by atoms with van der Waals surface area (Å²) in [5, 5.41) is 11.4. The minimum Gasteiger partial charge on any atom is -0.459 e. The van der Waals surface area contributed by atoms with E-state index in [-0.39, 0.29) is 23.9 Å². The minimum atomic E-state index is -0.919. The van der Waals surface area contributed by atoms with E-state index in [2.05, 4.69) is 20.8 Å². The van der Waals surface area contributed by atoms with E-state index in [1.165, 1.54) is 25.7 Å². The Morgan fingerprint density at radius 3 is 2.29 bits per heavy atom. The van der Waals surface area contributed by atoms with Crippen LogP contribution in [0, 0.1) is 41.4 Å². The van der Waals surface area contributed by atoms with Crippen LogP contribution in [0.5, 0.6) is 0 Å². The lowest BCUT2D eigenvalue weighted by Gasteiger charge is -2.42. The van der Waals surface area contributed by atoms with Crippen LogP contribution in [0.3, 0.4) is 0 Å². The van der Waals surface area contributed by atoms with Crippen LogP contribution in [0.25, 0.3) is 0 Å². The van der Waals surface area contributed by atoms with Gasteiger partial charge < -0.3 is 9.84 Å². The molecule has 8 atom stereocenters. The van der Waals surface area contributed by atoms with E-state index < -0.39 is 5.60 Å². The van der Waals surface area contributed by atoms with Gasteiger partial charge in [0.25, 0.3) is 0 Å². The average molecular weight is 391 g/mol. The van der Waals surface area contributed by atoms with E-state index in [1.807, 2.05) is 6.92 Å². The SMILES string of the molecule is CCC1CC(CC)C2C3CC(CC3C(C)(O)CC(=O)OC3(CC)CCCC3)C12. The maximum atomic E-state index is 12.8. The smallest absolute Gasteiger partial charge is 0.309 e. The van der Waals surface area contributed by atoms with E-state index >= 15 is 0 Å². The highest BCUT2D eigenvalue weighted by molar-refractivity contribution is 5.71. The van der Waals surface area contributed by atoms with E-state index in [1.54, 1.807) is 0 Å². The molecule has 28 heavy (non-hydrogen) atoms. The number of hydrogen-bond acceptors (Lipinski definition) is 3. The summed E-state index contributed by atoms with van der Waals surface area (Å²) in [5.41, 5.74) is -1.17. The summed E-state index contributed by atoms with van der Waals surface area (Å²) in [6.45, 7) is 8.76. The second kappa shape index (κ2) is 7.60. The van der Waals surface area contributed by atoms with Crippen molar-refractivity contribution < 1.29 is 14.6 Å². The molecule has 0 aromatic heterocycles. The molecule has 0 saturated heterocycles. The van der Waals surface area contributed by atoms with Crippen molar-refractivity contribution in [1.82, 2.24) is 0 Å². The standard InChI is InChI=1S/C25H42O3/c1-5-16-12-17(6-2)23-19-13-18(22(16)23)14-20(19)24(4,27)15-21(26)28-25(7-3)10-8-9-11-25/h16-20,22-23,27H,5-15H2,1-4H3. The van der Waals surface area contributed by atoms with Gasteiger partial charge in [0.2, 0.25) is 0 Å². The fraction of sp³-hybridized carbons (Fsp3) is 0.960. The first kappa shape index (κ1) is 20.7. The van der Waals surface area contributed by atoms with Crippen molar-refractivity contribution in [1.29, 1.82) is 0 Å². The third kappa shape index (κ3) is 3.34. The molecule has 4 saturated carbocycles. The Hall–Kier alpha value is -0.570. The Balaban J connectivity index is 1.43. The summed E-state index contributed by atoms with van der Waals surface area (Å²) in [5.74, 6) is 4.91. The molecule has 0 radical (unpaired) electrons. The van der Waals surface area contributed by atoms with Crippen LogP contribution >= 0.6 is 0 Å². The highest BCUT2D eigenvalue weighted by Gasteiger charge is 2.62. The highest BCUT2D eigenvalue weighted by atomic mass is 16.6. The predicted octanol–water partition coefficient (Wildman–Crippen LogP) is 5.74. The molecule has 4 fully saturated rings. The summed E-state index contributed by atoms with van der Waals surface area (Å²) in [7, 11) is 0. The molecule has 1 N–H and O–H groups in total. The lowest BCUT2D eigenvalue weighted by atomic mass is 9.65. The molecule has 0 spiro atoms. The first-order chi connectivity index (χ1) is 13.3. The molecule has 3 heteroatoms. The molecule has 0 heterocycles. The molecular formula is C25H42O3. The fourth-order valence-corrected chi connectivity index (χ4v) is 8.36. The van der Waals surface area contributed by atoms with Gasteiger partial charge in [0.05, 0.1) is 12.0 Å². The molecule has 4 rings (SSSR count). The average Bonchev–Trinajstić information content (AvgIpc) is 3.41. The van der Waals surface area contributed by atoms with Crippen LogP contribution in [-0.4, -0.2) is 22.3 Å². The quantitative estimate of drug-likeness (QED) is 0.564. The van der Waals surface area contributed by atoms with Crippen molar-refractivity contribution in [3.8, 4) is 0 Å². The normalized spacial score (nSPS) is 43.1. The van der Waals surface area contributed by atoms with Gasteiger partial charge in [0.15, 0.2) is 0 Å². The second-order valence-corrected chi connectivity index (χ2v) is 11.0. The van der Waals surface area contributed by atoms with Crippen molar-refractivity contribution in [2.75, 3.05) is 0 Å². The van der Waals surface area contributed by atoms with Crippen molar-refractivity contribution in [2.24, 2.45) is 41.4 Å².